The van der Waals surface area contributed by atoms with Crippen molar-refractivity contribution in [2.24, 2.45) is 0 Å². The Morgan fingerprint density at radius 3 is 3.21 bits per heavy atom. The third kappa shape index (κ3) is 1.63. The van der Waals surface area contributed by atoms with Gasteiger partial charge in [-0.3, -0.25) is 0 Å². The molecule has 0 spiro atoms. The van der Waals surface area contributed by atoms with Crippen molar-refractivity contribution in [3.63, 3.8) is 0 Å². The number of nitrogen functional groups attached to an aromatic ring is 1. The molecule has 5 heteroatoms. The van der Waals surface area contributed by atoms with Crippen LogP contribution in [-0.4, -0.2) is 34.3 Å². The van der Waals surface area contributed by atoms with Gasteiger partial charge in [0.05, 0.1) is 12.6 Å². The van der Waals surface area contributed by atoms with Crippen LogP contribution in [0.1, 0.15) is 12.8 Å². The molecule has 0 unspecified atom stereocenters. The molecule has 76 valence electrons. The zero-order valence-corrected chi connectivity index (χ0v) is 7.93. The van der Waals surface area contributed by atoms with E-state index in [1.54, 1.807) is 6.20 Å². The summed E-state index contributed by atoms with van der Waals surface area (Å²) in [7, 11) is 0. The van der Waals surface area contributed by atoms with Crippen molar-refractivity contribution in [1.82, 2.24) is 9.97 Å². The first-order valence-electron chi connectivity index (χ1n) is 4.77. The summed E-state index contributed by atoms with van der Waals surface area (Å²) in [5.74, 6) is 1.10. The Kier molecular flexibility index (Phi) is 2.49. The van der Waals surface area contributed by atoms with E-state index in [1.165, 1.54) is 0 Å². The summed E-state index contributed by atoms with van der Waals surface area (Å²) >= 11 is 0. The minimum Gasteiger partial charge on any atom is -0.394 e. The second kappa shape index (κ2) is 3.79. The lowest BCUT2D eigenvalue weighted by Crippen LogP contribution is -2.32. The first-order valence-corrected chi connectivity index (χ1v) is 4.77. The molecule has 1 aromatic rings. The largest absolute Gasteiger partial charge is 0.394 e. The number of anilines is 2. The second-order valence-corrected chi connectivity index (χ2v) is 3.45. The molecule has 0 aliphatic carbocycles. The number of rotatable bonds is 2. The molecule has 1 aromatic heterocycles. The van der Waals surface area contributed by atoms with Gasteiger partial charge in [0.25, 0.3) is 0 Å². The van der Waals surface area contributed by atoms with Crippen molar-refractivity contribution in [1.29, 1.82) is 0 Å². The van der Waals surface area contributed by atoms with Crippen molar-refractivity contribution in [2.75, 3.05) is 23.8 Å². The van der Waals surface area contributed by atoms with Crippen LogP contribution in [0.4, 0.5) is 11.8 Å². The van der Waals surface area contributed by atoms with Crippen molar-refractivity contribution in [3.05, 3.63) is 12.3 Å². The van der Waals surface area contributed by atoms with Gasteiger partial charge >= 0.3 is 0 Å². The Bertz CT molecular complexity index is 317. The number of aliphatic hydroxyl groups is 1. The van der Waals surface area contributed by atoms with Gasteiger partial charge in [-0.15, -0.1) is 0 Å². The molecule has 1 fully saturated rings. The average molecular weight is 194 g/mol. The maximum Gasteiger partial charge on any atom is 0.221 e. The average Bonchev–Trinajstić information content (AvgIpc) is 2.65. The summed E-state index contributed by atoms with van der Waals surface area (Å²) in [6, 6.07) is 2.01. The normalized spacial score (nSPS) is 21.5. The number of hydrogen-bond donors (Lipinski definition) is 2. The smallest absolute Gasteiger partial charge is 0.221 e. The second-order valence-electron chi connectivity index (χ2n) is 3.45. The number of nitrogens with zero attached hydrogens (tertiary/aromatic N) is 3. The Morgan fingerprint density at radius 2 is 2.50 bits per heavy atom. The molecular formula is C9H14N4O. The molecule has 0 radical (unpaired) electrons. The summed E-state index contributed by atoms with van der Waals surface area (Å²) in [5.41, 5.74) is 5.50. The molecule has 14 heavy (non-hydrogen) atoms. The van der Waals surface area contributed by atoms with Crippen LogP contribution in [0.3, 0.4) is 0 Å². The number of hydrogen-bond acceptors (Lipinski definition) is 5. The van der Waals surface area contributed by atoms with Crippen LogP contribution in [0.5, 0.6) is 0 Å². The fourth-order valence-electron chi connectivity index (χ4n) is 1.85. The van der Waals surface area contributed by atoms with Crippen LogP contribution in [0.2, 0.25) is 0 Å². The quantitative estimate of drug-likeness (QED) is 0.694. The van der Waals surface area contributed by atoms with Gasteiger partial charge in [-0.2, -0.15) is 4.98 Å². The van der Waals surface area contributed by atoms with E-state index >= 15 is 0 Å². The Morgan fingerprint density at radius 1 is 1.64 bits per heavy atom. The highest BCUT2D eigenvalue weighted by molar-refractivity contribution is 5.43. The third-order valence-electron chi connectivity index (χ3n) is 2.54. The van der Waals surface area contributed by atoms with Gasteiger partial charge in [0, 0.05) is 12.7 Å². The van der Waals surface area contributed by atoms with E-state index in [9.17, 15) is 0 Å². The lowest BCUT2D eigenvalue weighted by Gasteiger charge is -2.23. The van der Waals surface area contributed by atoms with Crippen LogP contribution in [0.15, 0.2) is 12.3 Å². The van der Waals surface area contributed by atoms with Gasteiger partial charge in [-0.25, -0.2) is 4.98 Å². The first kappa shape index (κ1) is 9.21. The molecule has 0 amide bonds. The first-order chi connectivity index (χ1) is 6.81. The minimum atomic E-state index is 0.171. The summed E-state index contributed by atoms with van der Waals surface area (Å²) < 4.78 is 0. The van der Waals surface area contributed by atoms with E-state index in [1.807, 2.05) is 6.07 Å². The third-order valence-corrected chi connectivity index (χ3v) is 2.54. The van der Waals surface area contributed by atoms with Crippen molar-refractivity contribution >= 4 is 11.8 Å². The van der Waals surface area contributed by atoms with Gasteiger partial charge in [0.2, 0.25) is 5.95 Å². The molecule has 2 rings (SSSR count). The minimum absolute atomic E-state index is 0.171. The molecule has 1 aliphatic heterocycles. The van der Waals surface area contributed by atoms with Gasteiger partial charge in [0.15, 0.2) is 0 Å². The maximum atomic E-state index is 9.15. The molecule has 1 atom stereocenters. The Balaban J connectivity index is 2.21. The van der Waals surface area contributed by atoms with Crippen molar-refractivity contribution < 1.29 is 5.11 Å². The molecule has 3 N–H and O–H groups in total. The molecule has 1 saturated heterocycles. The molecule has 5 nitrogen and oxygen atoms in total. The van der Waals surface area contributed by atoms with Gasteiger partial charge in [-0.05, 0) is 18.9 Å². The standard InChI is InChI=1S/C9H14N4O/c10-9-11-4-3-8(12-9)13-5-1-2-7(13)6-14/h3-4,7,14H,1-2,5-6H2,(H2,10,11,12)/t7-/m0/s1. The summed E-state index contributed by atoms with van der Waals surface area (Å²) in [4.78, 5) is 10.1. The van der Waals surface area contributed by atoms with Gasteiger partial charge in [-0.1, -0.05) is 0 Å². The van der Waals surface area contributed by atoms with E-state index in [2.05, 4.69) is 14.9 Å². The Labute approximate surface area is 82.6 Å². The summed E-state index contributed by atoms with van der Waals surface area (Å²) in [5, 5.41) is 9.15. The van der Waals surface area contributed by atoms with E-state index < -0.39 is 0 Å². The highest BCUT2D eigenvalue weighted by atomic mass is 16.3. The molecule has 2 heterocycles. The molecule has 0 aromatic carbocycles. The fourth-order valence-corrected chi connectivity index (χ4v) is 1.85. The van der Waals surface area contributed by atoms with E-state index in [0.29, 0.717) is 0 Å². The van der Waals surface area contributed by atoms with Crippen LogP contribution in [0.25, 0.3) is 0 Å². The van der Waals surface area contributed by atoms with Crippen molar-refractivity contribution in [3.8, 4) is 0 Å². The van der Waals surface area contributed by atoms with Crippen LogP contribution >= 0.6 is 0 Å². The van der Waals surface area contributed by atoms with E-state index in [-0.39, 0.29) is 18.6 Å². The van der Waals surface area contributed by atoms with Gasteiger partial charge in [0.1, 0.15) is 5.82 Å². The highest BCUT2D eigenvalue weighted by Gasteiger charge is 2.24. The van der Waals surface area contributed by atoms with Crippen molar-refractivity contribution in [2.45, 2.75) is 18.9 Å². The predicted molar refractivity (Wildman–Crippen MR) is 53.9 cm³/mol. The number of aromatic nitrogens is 2. The lowest BCUT2D eigenvalue weighted by molar-refractivity contribution is 0.266. The van der Waals surface area contributed by atoms with Crippen LogP contribution in [0, 0.1) is 0 Å². The van der Waals surface area contributed by atoms with E-state index in [0.717, 1.165) is 25.2 Å². The molecular weight excluding hydrogens is 180 g/mol. The van der Waals surface area contributed by atoms with E-state index in [4.69, 9.17) is 10.8 Å². The van der Waals surface area contributed by atoms with Crippen LogP contribution in [-0.2, 0) is 0 Å². The zero-order chi connectivity index (χ0) is 9.97. The Hall–Kier alpha value is -1.36. The number of nitrogens with two attached hydrogens (primary N) is 1. The zero-order valence-electron chi connectivity index (χ0n) is 7.93. The topological polar surface area (TPSA) is 75.3 Å². The predicted octanol–water partition coefficient (Wildman–Crippen LogP) is 0.0199. The molecule has 0 saturated carbocycles. The highest BCUT2D eigenvalue weighted by Crippen LogP contribution is 2.23. The lowest BCUT2D eigenvalue weighted by atomic mass is 10.2. The summed E-state index contributed by atoms with van der Waals surface area (Å²) in [6.07, 6.45) is 3.75. The van der Waals surface area contributed by atoms with Crippen LogP contribution < -0.4 is 10.6 Å². The monoisotopic (exact) mass is 194 g/mol. The molecule has 1 aliphatic rings. The molecule has 0 bridgehead atoms. The van der Waals surface area contributed by atoms with Gasteiger partial charge < -0.3 is 15.7 Å². The fraction of sp³-hybridized carbons (Fsp3) is 0.556. The number of aliphatic hydroxyl groups excluding tert-OH is 1. The SMILES string of the molecule is Nc1nccc(N2CCC[C@H]2CO)n1. The maximum absolute atomic E-state index is 9.15. The summed E-state index contributed by atoms with van der Waals surface area (Å²) in [6.45, 7) is 1.10.